The molecule has 0 bridgehead atoms. The number of fused-ring (bicyclic) bond motifs is 1. The Morgan fingerprint density at radius 3 is 2.52 bits per heavy atom. The number of alkyl halides is 3. The topological polar surface area (TPSA) is 83.8 Å². The Labute approximate surface area is 142 Å². The lowest BCUT2D eigenvalue weighted by atomic mass is 9.78. The van der Waals surface area contributed by atoms with E-state index in [1.165, 1.54) is 0 Å². The molecule has 138 valence electrons. The number of hydrogen-bond donors (Lipinski definition) is 2. The van der Waals surface area contributed by atoms with Gasteiger partial charge in [0.25, 0.3) is 5.56 Å². The maximum atomic E-state index is 12.8. The van der Waals surface area contributed by atoms with Crippen LogP contribution in [0.3, 0.4) is 0 Å². The summed E-state index contributed by atoms with van der Waals surface area (Å²) in [4.78, 5) is 19.1. The minimum Gasteiger partial charge on any atom is -0.390 e. The lowest BCUT2D eigenvalue weighted by Crippen LogP contribution is -2.30. The van der Waals surface area contributed by atoms with E-state index in [0.717, 1.165) is 0 Å². The number of H-pyrrole nitrogens is 1. The highest BCUT2D eigenvalue weighted by Gasteiger charge is 2.42. The molecule has 0 radical (unpaired) electrons. The number of hydrogen-bond acceptors (Lipinski definition) is 4. The van der Waals surface area contributed by atoms with E-state index >= 15 is 0 Å². The van der Waals surface area contributed by atoms with Gasteiger partial charge in [-0.25, -0.2) is 9.67 Å². The van der Waals surface area contributed by atoms with Crippen molar-refractivity contribution in [1.29, 1.82) is 0 Å². The van der Waals surface area contributed by atoms with Crippen molar-refractivity contribution in [3.63, 3.8) is 0 Å². The summed E-state index contributed by atoms with van der Waals surface area (Å²) in [6, 6.07) is -0.203. The lowest BCUT2D eigenvalue weighted by Gasteiger charge is -2.33. The molecule has 0 aliphatic heterocycles. The van der Waals surface area contributed by atoms with Crippen LogP contribution < -0.4 is 5.56 Å². The first kappa shape index (κ1) is 17.9. The first-order valence-corrected chi connectivity index (χ1v) is 8.38. The van der Waals surface area contributed by atoms with Crippen LogP contribution in [0.15, 0.2) is 4.79 Å². The zero-order chi connectivity index (χ0) is 18.4. The number of aryl methyl sites for hydroxylation is 1. The van der Waals surface area contributed by atoms with Gasteiger partial charge in [0.05, 0.1) is 18.6 Å². The SMILES string of the molecule is Cc1nc2c(c(CO)nn2[C@@H](C)[C@H]2CC[C@H](C(F)(F)F)CC2)c(=O)[nH]1. The van der Waals surface area contributed by atoms with Crippen molar-refractivity contribution in [2.75, 3.05) is 0 Å². The van der Waals surface area contributed by atoms with Crippen LogP contribution in [-0.2, 0) is 6.61 Å². The van der Waals surface area contributed by atoms with Gasteiger partial charge in [-0.1, -0.05) is 0 Å². The van der Waals surface area contributed by atoms with Crippen LogP contribution in [0.2, 0.25) is 0 Å². The number of nitrogens with zero attached hydrogens (tertiary/aromatic N) is 3. The van der Waals surface area contributed by atoms with Gasteiger partial charge in [0.15, 0.2) is 5.65 Å². The first-order chi connectivity index (χ1) is 11.7. The van der Waals surface area contributed by atoms with E-state index in [4.69, 9.17) is 0 Å². The van der Waals surface area contributed by atoms with Crippen molar-refractivity contribution in [3.8, 4) is 0 Å². The van der Waals surface area contributed by atoms with Crippen molar-refractivity contribution in [2.24, 2.45) is 11.8 Å². The van der Waals surface area contributed by atoms with E-state index in [2.05, 4.69) is 15.1 Å². The molecule has 0 unspecified atom stereocenters. The van der Waals surface area contributed by atoms with Crippen LogP contribution in [-0.4, -0.2) is 31.0 Å². The molecule has 2 N–H and O–H groups in total. The van der Waals surface area contributed by atoms with Crippen molar-refractivity contribution in [3.05, 3.63) is 21.9 Å². The molecular weight excluding hydrogens is 337 g/mol. The van der Waals surface area contributed by atoms with Crippen molar-refractivity contribution in [1.82, 2.24) is 19.7 Å². The number of aliphatic hydroxyl groups is 1. The fourth-order valence-corrected chi connectivity index (χ4v) is 3.75. The number of nitrogens with one attached hydrogen (secondary N) is 1. The monoisotopic (exact) mass is 358 g/mol. The highest BCUT2D eigenvalue weighted by molar-refractivity contribution is 5.77. The van der Waals surface area contributed by atoms with Gasteiger partial charge in [-0.05, 0) is 45.4 Å². The van der Waals surface area contributed by atoms with Crippen LogP contribution in [0, 0.1) is 18.8 Å². The molecule has 3 rings (SSSR count). The molecule has 1 fully saturated rings. The molecule has 0 amide bonds. The fraction of sp³-hybridized carbons (Fsp3) is 0.688. The molecule has 9 heteroatoms. The molecule has 2 aromatic heterocycles. The van der Waals surface area contributed by atoms with Crippen molar-refractivity contribution < 1.29 is 18.3 Å². The molecule has 1 aliphatic carbocycles. The molecule has 1 atom stereocenters. The van der Waals surface area contributed by atoms with Crippen LogP contribution >= 0.6 is 0 Å². The van der Waals surface area contributed by atoms with Gasteiger partial charge >= 0.3 is 6.18 Å². The van der Waals surface area contributed by atoms with Gasteiger partial charge < -0.3 is 10.1 Å². The van der Waals surface area contributed by atoms with Crippen LogP contribution in [0.25, 0.3) is 11.0 Å². The first-order valence-electron chi connectivity index (χ1n) is 8.38. The van der Waals surface area contributed by atoms with E-state index < -0.39 is 18.7 Å². The Kier molecular flexibility index (Phi) is 4.61. The second kappa shape index (κ2) is 6.44. The zero-order valence-electron chi connectivity index (χ0n) is 14.1. The molecule has 1 aliphatic rings. The predicted octanol–water partition coefficient (Wildman–Crippen LogP) is 2.85. The largest absolute Gasteiger partial charge is 0.391 e. The zero-order valence-corrected chi connectivity index (χ0v) is 14.1. The Bertz CT molecular complexity index is 819. The number of halogens is 3. The van der Waals surface area contributed by atoms with E-state index in [1.807, 2.05) is 6.92 Å². The molecule has 2 aromatic rings. The fourth-order valence-electron chi connectivity index (χ4n) is 3.75. The Morgan fingerprint density at radius 1 is 1.32 bits per heavy atom. The third-order valence-electron chi connectivity index (χ3n) is 5.21. The minimum absolute atomic E-state index is 0.0228. The second-order valence-electron chi connectivity index (χ2n) is 6.79. The van der Waals surface area contributed by atoms with E-state index in [9.17, 15) is 23.1 Å². The Hall–Kier alpha value is -1.90. The van der Waals surface area contributed by atoms with E-state index in [1.54, 1.807) is 11.6 Å². The normalized spacial score (nSPS) is 23.1. The Balaban J connectivity index is 1.91. The van der Waals surface area contributed by atoms with Gasteiger partial charge in [-0.2, -0.15) is 18.3 Å². The summed E-state index contributed by atoms with van der Waals surface area (Å²) in [6.07, 6.45) is -3.02. The smallest absolute Gasteiger partial charge is 0.390 e. The average Bonchev–Trinajstić information content (AvgIpc) is 2.92. The van der Waals surface area contributed by atoms with E-state index in [-0.39, 0.29) is 41.4 Å². The number of rotatable bonds is 3. The summed E-state index contributed by atoms with van der Waals surface area (Å²) in [7, 11) is 0. The Morgan fingerprint density at radius 2 is 1.96 bits per heavy atom. The molecule has 0 spiro atoms. The van der Waals surface area contributed by atoms with Gasteiger partial charge in [0, 0.05) is 0 Å². The molecular formula is C16H21F3N4O2. The maximum absolute atomic E-state index is 12.8. The molecule has 0 aromatic carbocycles. The number of aromatic amines is 1. The molecule has 6 nitrogen and oxygen atoms in total. The number of aromatic nitrogens is 4. The number of aliphatic hydroxyl groups excluding tert-OH is 1. The summed E-state index contributed by atoms with van der Waals surface area (Å²) in [5, 5.41) is 14.0. The average molecular weight is 358 g/mol. The summed E-state index contributed by atoms with van der Waals surface area (Å²) >= 11 is 0. The van der Waals surface area contributed by atoms with Gasteiger partial charge in [0.2, 0.25) is 0 Å². The van der Waals surface area contributed by atoms with Crippen molar-refractivity contribution >= 4 is 11.0 Å². The second-order valence-corrected chi connectivity index (χ2v) is 6.79. The van der Waals surface area contributed by atoms with Crippen molar-refractivity contribution in [2.45, 2.75) is 58.4 Å². The summed E-state index contributed by atoms with van der Waals surface area (Å²) < 4.78 is 40.1. The van der Waals surface area contributed by atoms with Crippen LogP contribution in [0.4, 0.5) is 13.2 Å². The third-order valence-corrected chi connectivity index (χ3v) is 5.21. The lowest BCUT2D eigenvalue weighted by molar-refractivity contribution is -0.184. The van der Waals surface area contributed by atoms with Gasteiger partial charge in [-0.3, -0.25) is 4.79 Å². The minimum atomic E-state index is -4.14. The summed E-state index contributed by atoms with van der Waals surface area (Å²) in [6.45, 7) is 3.13. The highest BCUT2D eigenvalue weighted by atomic mass is 19.4. The van der Waals surface area contributed by atoms with Crippen LogP contribution in [0.1, 0.15) is 50.2 Å². The molecule has 25 heavy (non-hydrogen) atoms. The summed E-state index contributed by atoms with van der Waals surface area (Å²) in [5.74, 6) is -0.785. The van der Waals surface area contributed by atoms with Gasteiger partial charge in [-0.15, -0.1) is 0 Å². The molecule has 2 heterocycles. The third kappa shape index (κ3) is 3.29. The van der Waals surface area contributed by atoms with Gasteiger partial charge in [0.1, 0.15) is 16.9 Å². The van der Waals surface area contributed by atoms with Crippen LogP contribution in [0.5, 0.6) is 0 Å². The molecule has 0 saturated heterocycles. The standard InChI is InChI=1S/C16H21F3N4O2/c1-8(10-3-5-11(6-4-10)16(17,18)19)23-14-13(12(7-24)22-23)15(25)21-9(2)20-14/h8,10-11,24H,3-7H2,1-2H3,(H,20,21,25)/t8-,10-,11-/m0/s1. The highest BCUT2D eigenvalue weighted by Crippen LogP contribution is 2.42. The van der Waals surface area contributed by atoms with E-state index in [0.29, 0.717) is 24.3 Å². The maximum Gasteiger partial charge on any atom is 0.391 e. The predicted molar refractivity (Wildman–Crippen MR) is 85.0 cm³/mol. The summed E-state index contributed by atoms with van der Waals surface area (Å²) in [5.41, 5.74) is 0.237. The molecule has 1 saturated carbocycles. The quantitative estimate of drug-likeness (QED) is 0.884.